The number of nitrogens with one attached hydrogen (secondary N) is 1. The van der Waals surface area contributed by atoms with E-state index >= 15 is 0 Å². The number of piperidine rings is 1. The van der Waals surface area contributed by atoms with Crippen molar-refractivity contribution in [2.45, 2.75) is 44.9 Å². The lowest BCUT2D eigenvalue weighted by atomic mass is 10.0. The van der Waals surface area contributed by atoms with Gasteiger partial charge in [0.15, 0.2) is 5.79 Å². The first-order valence-corrected chi connectivity index (χ1v) is 8.28. The Hall–Kier alpha value is -1.73. The van der Waals surface area contributed by atoms with Crippen molar-refractivity contribution in [2.24, 2.45) is 0 Å². The molecule has 7 nitrogen and oxygen atoms in total. The maximum atomic E-state index is 12.5. The predicted molar refractivity (Wildman–Crippen MR) is 85.2 cm³/mol. The van der Waals surface area contributed by atoms with Crippen LogP contribution >= 0.6 is 0 Å². The van der Waals surface area contributed by atoms with E-state index in [0.717, 1.165) is 6.42 Å². The lowest BCUT2D eigenvalue weighted by Crippen LogP contribution is -2.47. The van der Waals surface area contributed by atoms with Gasteiger partial charge in [0.05, 0.1) is 25.6 Å². The minimum Gasteiger partial charge on any atom is -0.366 e. The van der Waals surface area contributed by atoms with Crippen LogP contribution in [0, 0.1) is 0 Å². The number of likely N-dealkylation sites (tertiary alicyclic amines) is 1. The highest BCUT2D eigenvalue weighted by molar-refractivity contribution is 5.92. The third kappa shape index (κ3) is 3.61. The van der Waals surface area contributed by atoms with Crippen LogP contribution in [0.2, 0.25) is 0 Å². The summed E-state index contributed by atoms with van der Waals surface area (Å²) in [5.74, 6) is 0.147. The molecule has 2 fully saturated rings. The van der Waals surface area contributed by atoms with Crippen LogP contribution in [-0.2, 0) is 9.47 Å². The summed E-state index contributed by atoms with van der Waals surface area (Å²) in [7, 11) is 0. The van der Waals surface area contributed by atoms with Crippen LogP contribution in [-0.4, -0.2) is 58.9 Å². The molecule has 23 heavy (non-hydrogen) atoms. The van der Waals surface area contributed by atoms with Gasteiger partial charge in [0, 0.05) is 32.0 Å². The van der Waals surface area contributed by atoms with Crippen molar-refractivity contribution >= 4 is 11.7 Å². The van der Waals surface area contributed by atoms with Crippen molar-refractivity contribution in [1.29, 1.82) is 0 Å². The fourth-order valence-electron chi connectivity index (χ4n) is 2.87. The number of ether oxygens (including phenoxy) is 2. The molecule has 2 aliphatic heterocycles. The number of hydrogen-bond acceptors (Lipinski definition) is 6. The Labute approximate surface area is 136 Å². The quantitative estimate of drug-likeness (QED) is 0.909. The van der Waals surface area contributed by atoms with Crippen LogP contribution in [0.1, 0.15) is 43.6 Å². The van der Waals surface area contributed by atoms with Crippen molar-refractivity contribution in [2.75, 3.05) is 31.6 Å². The third-order valence-corrected chi connectivity index (χ3v) is 4.50. The Bertz CT molecular complexity index is 533. The van der Waals surface area contributed by atoms with Gasteiger partial charge in [0.2, 0.25) is 0 Å². The number of carbonyl (C=O) groups is 1. The van der Waals surface area contributed by atoms with Gasteiger partial charge >= 0.3 is 0 Å². The molecule has 2 saturated heterocycles. The van der Waals surface area contributed by atoms with Gasteiger partial charge in [0.25, 0.3) is 5.91 Å². The average molecular weight is 320 g/mol. The number of hydrogen-bond donors (Lipinski definition) is 1. The van der Waals surface area contributed by atoms with Crippen molar-refractivity contribution < 1.29 is 14.3 Å². The first-order chi connectivity index (χ1) is 11.1. The lowest BCUT2D eigenvalue weighted by Gasteiger charge is -2.37. The van der Waals surface area contributed by atoms with Crippen LogP contribution in [0.25, 0.3) is 0 Å². The van der Waals surface area contributed by atoms with Crippen LogP contribution in [0.15, 0.2) is 12.4 Å². The molecule has 0 saturated carbocycles. The number of nitrogens with zero attached hydrogens (tertiary/aromatic N) is 3. The zero-order valence-corrected chi connectivity index (χ0v) is 13.7. The van der Waals surface area contributed by atoms with E-state index in [9.17, 15) is 4.79 Å². The summed E-state index contributed by atoms with van der Waals surface area (Å²) < 4.78 is 11.4. The highest BCUT2D eigenvalue weighted by atomic mass is 16.7. The first-order valence-electron chi connectivity index (χ1n) is 8.28. The van der Waals surface area contributed by atoms with E-state index in [1.165, 1.54) is 0 Å². The van der Waals surface area contributed by atoms with Gasteiger partial charge in [-0.25, -0.2) is 9.97 Å². The van der Waals surface area contributed by atoms with Gasteiger partial charge in [-0.05, 0) is 13.3 Å². The molecule has 0 aliphatic carbocycles. The molecule has 1 atom stereocenters. The maximum absolute atomic E-state index is 12.5. The monoisotopic (exact) mass is 320 g/mol. The van der Waals surface area contributed by atoms with Gasteiger partial charge in [0.1, 0.15) is 11.5 Å². The molecule has 1 N–H and O–H groups in total. The van der Waals surface area contributed by atoms with Crippen LogP contribution < -0.4 is 5.32 Å². The molecule has 0 aromatic carbocycles. The molecule has 1 aromatic heterocycles. The van der Waals surface area contributed by atoms with Crippen molar-refractivity contribution in [3.63, 3.8) is 0 Å². The highest BCUT2D eigenvalue weighted by Crippen LogP contribution is 2.31. The second kappa shape index (κ2) is 6.80. The highest BCUT2D eigenvalue weighted by Gasteiger charge is 2.41. The predicted octanol–water partition coefficient (Wildman–Crippen LogP) is 1.67. The van der Waals surface area contributed by atoms with E-state index in [2.05, 4.69) is 29.1 Å². The maximum Gasteiger partial charge on any atom is 0.274 e. The Morgan fingerprint density at radius 3 is 2.57 bits per heavy atom. The third-order valence-electron chi connectivity index (χ3n) is 4.50. The Morgan fingerprint density at radius 2 is 2.00 bits per heavy atom. The molecule has 126 valence electrons. The minimum atomic E-state index is -0.466. The van der Waals surface area contributed by atoms with Crippen molar-refractivity contribution in [3.8, 4) is 0 Å². The van der Waals surface area contributed by atoms with E-state index in [1.807, 2.05) is 0 Å². The number of anilines is 1. The van der Waals surface area contributed by atoms with Gasteiger partial charge in [-0.2, -0.15) is 0 Å². The summed E-state index contributed by atoms with van der Waals surface area (Å²) in [6, 6.07) is 0.329. The second-order valence-electron chi connectivity index (χ2n) is 6.14. The van der Waals surface area contributed by atoms with E-state index in [4.69, 9.17) is 9.47 Å². The number of amides is 1. The molecule has 1 amide bonds. The van der Waals surface area contributed by atoms with E-state index in [-0.39, 0.29) is 5.91 Å². The fraction of sp³-hybridized carbons (Fsp3) is 0.688. The van der Waals surface area contributed by atoms with Crippen molar-refractivity contribution in [1.82, 2.24) is 14.9 Å². The second-order valence-corrected chi connectivity index (χ2v) is 6.14. The average Bonchev–Trinajstić information content (AvgIpc) is 3.03. The Morgan fingerprint density at radius 1 is 1.30 bits per heavy atom. The van der Waals surface area contributed by atoms with Gasteiger partial charge in [-0.15, -0.1) is 0 Å². The minimum absolute atomic E-state index is 0.0829. The molecule has 0 bridgehead atoms. The topological polar surface area (TPSA) is 76.6 Å². The summed E-state index contributed by atoms with van der Waals surface area (Å²) in [5.41, 5.74) is 0.379. The summed E-state index contributed by atoms with van der Waals surface area (Å²) in [6.07, 6.45) is 5.58. The first kappa shape index (κ1) is 16.1. The summed E-state index contributed by atoms with van der Waals surface area (Å²) >= 11 is 0. The van der Waals surface area contributed by atoms with Gasteiger partial charge < -0.3 is 19.7 Å². The smallest absolute Gasteiger partial charge is 0.274 e. The molecule has 1 aromatic rings. The van der Waals surface area contributed by atoms with Crippen LogP contribution in [0.4, 0.5) is 5.82 Å². The zero-order chi connectivity index (χ0) is 16.3. The van der Waals surface area contributed by atoms with Crippen LogP contribution in [0.3, 0.4) is 0 Å². The lowest BCUT2D eigenvalue weighted by molar-refractivity contribution is -0.181. The normalized spacial score (nSPS) is 21.4. The molecule has 0 radical (unpaired) electrons. The molecular weight excluding hydrogens is 296 g/mol. The zero-order valence-electron chi connectivity index (χ0n) is 13.7. The molecule has 1 spiro atoms. The summed E-state index contributed by atoms with van der Waals surface area (Å²) in [5, 5.41) is 3.24. The molecule has 2 aliphatic rings. The molecule has 3 rings (SSSR count). The number of rotatable bonds is 4. The van der Waals surface area contributed by atoms with E-state index in [1.54, 1.807) is 17.3 Å². The van der Waals surface area contributed by atoms with E-state index in [0.29, 0.717) is 56.7 Å². The molecular formula is C16H24N4O3. The SMILES string of the molecule is CCC(C)Nc1cnc(C(=O)N2CCC3(CC2)OCCO3)cn1. The van der Waals surface area contributed by atoms with E-state index < -0.39 is 5.79 Å². The number of carbonyl (C=O) groups excluding carboxylic acids is 1. The molecule has 1 unspecified atom stereocenters. The van der Waals surface area contributed by atoms with Crippen LogP contribution in [0.5, 0.6) is 0 Å². The Kier molecular flexibility index (Phi) is 4.77. The van der Waals surface area contributed by atoms with Crippen molar-refractivity contribution in [3.05, 3.63) is 18.1 Å². The largest absolute Gasteiger partial charge is 0.366 e. The molecule has 3 heterocycles. The molecule has 7 heteroatoms. The number of aromatic nitrogens is 2. The van der Waals surface area contributed by atoms with Gasteiger partial charge in [-0.1, -0.05) is 6.92 Å². The van der Waals surface area contributed by atoms with Gasteiger partial charge in [-0.3, -0.25) is 4.79 Å². The standard InChI is InChI=1S/C16H24N4O3/c1-3-12(2)19-14-11-17-13(10-18-14)15(21)20-6-4-16(5-7-20)22-8-9-23-16/h10-12H,3-9H2,1-2H3,(H,18,19). The Balaban J connectivity index is 1.58. The fourth-order valence-corrected chi connectivity index (χ4v) is 2.87. The summed E-state index contributed by atoms with van der Waals surface area (Å²) in [6.45, 7) is 6.70. The summed E-state index contributed by atoms with van der Waals surface area (Å²) in [4.78, 5) is 22.8.